The number of aromatic carboxylic acids is 2. The Balaban J connectivity index is 2.81. The SMILES string of the molecule is CC(C)Oc1ccc(-c2c(C(=O)O)c(N)[nH]c(=O)c2C(=O)O)cc1Br. The van der Waals surface area contributed by atoms with Gasteiger partial charge in [-0.1, -0.05) is 6.07 Å². The van der Waals surface area contributed by atoms with E-state index in [1.165, 1.54) is 12.1 Å². The van der Waals surface area contributed by atoms with Gasteiger partial charge in [-0.25, -0.2) is 9.59 Å². The molecule has 2 rings (SSSR count). The third-order valence-corrected chi connectivity index (χ3v) is 3.88. The van der Waals surface area contributed by atoms with E-state index in [0.717, 1.165) is 0 Å². The second-order valence-electron chi connectivity index (χ2n) is 5.41. The molecule has 0 bridgehead atoms. The molecule has 9 heteroatoms. The number of pyridine rings is 1. The standard InChI is InChI=1S/C16H15BrN2O6/c1-6(2)25-9-4-3-7(5-8(9)17)10-11(15(21)22)13(18)19-14(20)12(10)16(23)24/h3-6H,1-2H3,(H,21,22)(H,23,24)(H3,18,19,20). The highest BCUT2D eigenvalue weighted by Gasteiger charge is 2.26. The molecular formula is C16H15BrN2O6. The van der Waals surface area contributed by atoms with Gasteiger partial charge in [0.05, 0.1) is 10.6 Å². The van der Waals surface area contributed by atoms with Gasteiger partial charge in [-0.15, -0.1) is 0 Å². The molecule has 8 nitrogen and oxygen atoms in total. The minimum atomic E-state index is -1.56. The predicted octanol–water partition coefficient (Wildman–Crippen LogP) is 2.57. The second kappa shape index (κ2) is 6.98. The van der Waals surface area contributed by atoms with Gasteiger partial charge in [0.15, 0.2) is 0 Å². The van der Waals surface area contributed by atoms with E-state index in [9.17, 15) is 24.6 Å². The number of nitrogens with two attached hydrogens (primary N) is 1. The number of carboxylic acids is 2. The fraction of sp³-hybridized carbons (Fsp3) is 0.188. The van der Waals surface area contributed by atoms with Crippen molar-refractivity contribution in [3.05, 3.63) is 44.2 Å². The lowest BCUT2D eigenvalue weighted by Crippen LogP contribution is -2.24. The molecule has 0 spiro atoms. The van der Waals surface area contributed by atoms with Crippen LogP contribution in [0.4, 0.5) is 5.82 Å². The molecule has 0 aliphatic carbocycles. The van der Waals surface area contributed by atoms with Crippen molar-refractivity contribution < 1.29 is 24.5 Å². The Bertz CT molecular complexity index is 920. The van der Waals surface area contributed by atoms with E-state index in [0.29, 0.717) is 10.2 Å². The largest absolute Gasteiger partial charge is 0.490 e. The summed E-state index contributed by atoms with van der Waals surface area (Å²) in [7, 11) is 0. The topological polar surface area (TPSA) is 143 Å². The summed E-state index contributed by atoms with van der Waals surface area (Å²) in [5.74, 6) is -2.94. The van der Waals surface area contributed by atoms with Crippen LogP contribution in [-0.2, 0) is 0 Å². The van der Waals surface area contributed by atoms with Crippen molar-refractivity contribution in [1.82, 2.24) is 4.98 Å². The Morgan fingerprint density at radius 2 is 1.80 bits per heavy atom. The highest BCUT2D eigenvalue weighted by molar-refractivity contribution is 9.10. The summed E-state index contributed by atoms with van der Waals surface area (Å²) in [4.78, 5) is 37.1. The van der Waals surface area contributed by atoms with Crippen LogP contribution >= 0.6 is 15.9 Å². The maximum Gasteiger partial charge on any atom is 0.342 e. The maximum absolute atomic E-state index is 12.0. The van der Waals surface area contributed by atoms with E-state index < -0.39 is 34.4 Å². The molecule has 0 atom stereocenters. The van der Waals surface area contributed by atoms with Gasteiger partial charge in [-0.2, -0.15) is 0 Å². The molecule has 1 aromatic carbocycles. The predicted molar refractivity (Wildman–Crippen MR) is 94.3 cm³/mol. The van der Waals surface area contributed by atoms with E-state index in [2.05, 4.69) is 20.9 Å². The minimum Gasteiger partial charge on any atom is -0.490 e. The molecule has 0 saturated heterocycles. The molecule has 0 saturated carbocycles. The van der Waals surface area contributed by atoms with Crippen LogP contribution in [0.2, 0.25) is 0 Å². The van der Waals surface area contributed by atoms with Crippen LogP contribution in [0.25, 0.3) is 11.1 Å². The van der Waals surface area contributed by atoms with Crippen LogP contribution in [-0.4, -0.2) is 33.2 Å². The minimum absolute atomic E-state index is 0.0958. The summed E-state index contributed by atoms with van der Waals surface area (Å²) >= 11 is 3.30. The lowest BCUT2D eigenvalue weighted by Gasteiger charge is -2.15. The van der Waals surface area contributed by atoms with Crippen molar-refractivity contribution in [3.63, 3.8) is 0 Å². The normalized spacial score (nSPS) is 10.7. The average Bonchev–Trinajstić information content (AvgIpc) is 2.47. The van der Waals surface area contributed by atoms with Gasteiger partial charge in [0.25, 0.3) is 5.56 Å². The Morgan fingerprint density at radius 3 is 2.28 bits per heavy atom. The van der Waals surface area contributed by atoms with Gasteiger partial charge in [0.2, 0.25) is 0 Å². The number of ether oxygens (including phenoxy) is 1. The molecule has 1 aromatic heterocycles. The number of halogens is 1. The molecule has 2 aromatic rings. The zero-order chi connectivity index (χ0) is 18.9. The van der Waals surface area contributed by atoms with E-state index in [1.807, 2.05) is 13.8 Å². The highest BCUT2D eigenvalue weighted by Crippen LogP contribution is 2.35. The number of rotatable bonds is 5. The Hall–Kier alpha value is -2.81. The van der Waals surface area contributed by atoms with Crippen LogP contribution < -0.4 is 16.0 Å². The molecule has 0 unspecified atom stereocenters. The summed E-state index contributed by atoms with van der Waals surface area (Å²) in [5.41, 5.74) is 3.37. The molecule has 0 aliphatic rings. The molecule has 5 N–H and O–H groups in total. The first-order chi connectivity index (χ1) is 11.6. The van der Waals surface area contributed by atoms with Crippen LogP contribution in [0.5, 0.6) is 5.75 Å². The summed E-state index contributed by atoms with van der Waals surface area (Å²) in [6.45, 7) is 3.67. The molecule has 132 valence electrons. The molecule has 0 aliphatic heterocycles. The zero-order valence-electron chi connectivity index (χ0n) is 13.3. The molecule has 1 heterocycles. The quantitative estimate of drug-likeness (QED) is 0.592. The zero-order valence-corrected chi connectivity index (χ0v) is 14.9. The summed E-state index contributed by atoms with van der Waals surface area (Å²) < 4.78 is 6.04. The number of hydrogen-bond acceptors (Lipinski definition) is 5. The number of aromatic nitrogens is 1. The Morgan fingerprint density at radius 1 is 1.20 bits per heavy atom. The fourth-order valence-corrected chi connectivity index (χ4v) is 2.81. The summed E-state index contributed by atoms with van der Waals surface area (Å²) in [6.07, 6.45) is -0.0958. The average molecular weight is 411 g/mol. The van der Waals surface area contributed by atoms with Crippen molar-refractivity contribution in [2.24, 2.45) is 0 Å². The molecule has 0 radical (unpaired) electrons. The first-order valence-electron chi connectivity index (χ1n) is 7.12. The van der Waals surface area contributed by atoms with Crippen LogP contribution in [0.15, 0.2) is 27.5 Å². The van der Waals surface area contributed by atoms with Crippen molar-refractivity contribution in [1.29, 1.82) is 0 Å². The molecule has 0 fully saturated rings. The first kappa shape index (κ1) is 18.5. The van der Waals surface area contributed by atoms with E-state index in [4.69, 9.17) is 10.5 Å². The Kier molecular flexibility index (Phi) is 5.17. The van der Waals surface area contributed by atoms with Gasteiger partial charge in [0.1, 0.15) is 22.7 Å². The van der Waals surface area contributed by atoms with Crippen molar-refractivity contribution >= 4 is 33.7 Å². The van der Waals surface area contributed by atoms with Crippen LogP contribution in [0, 0.1) is 0 Å². The van der Waals surface area contributed by atoms with Crippen molar-refractivity contribution in [3.8, 4) is 16.9 Å². The third-order valence-electron chi connectivity index (χ3n) is 3.26. The number of carbonyl (C=O) groups is 2. The summed E-state index contributed by atoms with van der Waals surface area (Å²) in [5, 5.41) is 18.8. The van der Waals surface area contributed by atoms with E-state index in [1.54, 1.807) is 6.07 Å². The molecule has 0 amide bonds. The third kappa shape index (κ3) is 3.66. The van der Waals surface area contributed by atoms with Gasteiger partial charge in [-0.05, 0) is 47.5 Å². The lowest BCUT2D eigenvalue weighted by atomic mass is 9.95. The smallest absolute Gasteiger partial charge is 0.342 e. The number of H-pyrrole nitrogens is 1. The number of anilines is 1. The van der Waals surface area contributed by atoms with Crippen molar-refractivity contribution in [2.75, 3.05) is 5.73 Å². The number of benzene rings is 1. The number of nitrogens with one attached hydrogen (secondary N) is 1. The van der Waals surface area contributed by atoms with Gasteiger partial charge < -0.3 is 25.7 Å². The lowest BCUT2D eigenvalue weighted by molar-refractivity contribution is 0.0695. The fourth-order valence-electron chi connectivity index (χ4n) is 2.34. The van der Waals surface area contributed by atoms with Gasteiger partial charge in [0, 0.05) is 5.56 Å². The number of nitrogen functional groups attached to an aromatic ring is 1. The molecule has 25 heavy (non-hydrogen) atoms. The Labute approximate surface area is 150 Å². The van der Waals surface area contributed by atoms with E-state index in [-0.39, 0.29) is 17.2 Å². The highest BCUT2D eigenvalue weighted by atomic mass is 79.9. The second-order valence-corrected chi connectivity index (χ2v) is 6.27. The van der Waals surface area contributed by atoms with Crippen molar-refractivity contribution in [2.45, 2.75) is 20.0 Å². The number of aromatic amines is 1. The van der Waals surface area contributed by atoms with Gasteiger partial charge >= 0.3 is 11.9 Å². The van der Waals surface area contributed by atoms with Crippen LogP contribution in [0.1, 0.15) is 34.6 Å². The summed E-state index contributed by atoms with van der Waals surface area (Å²) in [6, 6.07) is 4.49. The van der Waals surface area contributed by atoms with E-state index >= 15 is 0 Å². The monoisotopic (exact) mass is 410 g/mol. The number of hydrogen-bond donors (Lipinski definition) is 4. The van der Waals surface area contributed by atoms with Crippen LogP contribution in [0.3, 0.4) is 0 Å². The maximum atomic E-state index is 12.0. The van der Waals surface area contributed by atoms with Gasteiger partial charge in [-0.3, -0.25) is 4.79 Å². The number of carboxylic acid groups (broad SMARTS) is 2. The first-order valence-corrected chi connectivity index (χ1v) is 7.91. The molecular weight excluding hydrogens is 396 g/mol.